The summed E-state index contributed by atoms with van der Waals surface area (Å²) in [4.78, 5) is 25.1. The molecule has 0 radical (unpaired) electrons. The molecule has 0 bridgehead atoms. The summed E-state index contributed by atoms with van der Waals surface area (Å²) in [6, 6.07) is 1.07. The predicted molar refractivity (Wildman–Crippen MR) is 101 cm³/mol. The summed E-state index contributed by atoms with van der Waals surface area (Å²) in [6.07, 6.45) is 3.57. The highest BCUT2D eigenvalue weighted by molar-refractivity contribution is 5.94. The van der Waals surface area contributed by atoms with Crippen molar-refractivity contribution in [3.63, 3.8) is 0 Å². The summed E-state index contributed by atoms with van der Waals surface area (Å²) in [5.74, 6) is -1.95. The van der Waals surface area contributed by atoms with Crippen molar-refractivity contribution in [2.75, 3.05) is 37.8 Å². The fourth-order valence-corrected chi connectivity index (χ4v) is 3.68. The van der Waals surface area contributed by atoms with Crippen molar-refractivity contribution in [2.45, 2.75) is 26.2 Å². The van der Waals surface area contributed by atoms with E-state index in [0.717, 1.165) is 18.9 Å². The van der Waals surface area contributed by atoms with Crippen LogP contribution < -0.4 is 15.8 Å². The summed E-state index contributed by atoms with van der Waals surface area (Å²) in [6.45, 7) is 4.23. The molecule has 0 unspecified atom stereocenters. The second kappa shape index (κ2) is 7.50. The number of rotatable bonds is 5. The smallest absolute Gasteiger partial charge is 0.343 e. The molecule has 6 nitrogen and oxygen atoms in total. The van der Waals surface area contributed by atoms with Gasteiger partial charge in [0.2, 0.25) is 5.43 Å². The Morgan fingerprint density at radius 3 is 2.64 bits per heavy atom. The fourth-order valence-electron chi connectivity index (χ4n) is 3.68. The van der Waals surface area contributed by atoms with E-state index >= 15 is 4.39 Å². The number of nitrogens with one attached hydrogen (secondary N) is 1. The number of halogens is 2. The highest BCUT2D eigenvalue weighted by Gasteiger charge is 2.29. The molecule has 0 atom stereocenters. The van der Waals surface area contributed by atoms with Crippen LogP contribution in [0.1, 0.15) is 35.7 Å². The zero-order valence-electron chi connectivity index (χ0n) is 15.8. The van der Waals surface area contributed by atoms with Gasteiger partial charge in [-0.05, 0) is 38.2 Å². The zero-order chi connectivity index (χ0) is 19.8. The highest BCUT2D eigenvalue weighted by atomic mass is 19.1. The second-order valence-electron chi connectivity index (χ2n) is 7.34. The maximum absolute atomic E-state index is 15.4. The monoisotopic (exact) mass is 391 g/mol. The molecule has 2 heterocycles. The van der Waals surface area contributed by atoms with Gasteiger partial charge in [0.25, 0.3) is 0 Å². The van der Waals surface area contributed by atoms with Crippen molar-refractivity contribution < 1.29 is 18.3 Å². The summed E-state index contributed by atoms with van der Waals surface area (Å²) in [7, 11) is 0. The van der Waals surface area contributed by atoms with Gasteiger partial charge in [-0.25, -0.2) is 13.6 Å². The first kappa shape index (κ1) is 18.9. The number of hydrogen-bond acceptors (Lipinski definition) is 5. The van der Waals surface area contributed by atoms with Gasteiger partial charge in [0.15, 0.2) is 5.82 Å². The molecule has 1 aromatic heterocycles. The van der Waals surface area contributed by atoms with E-state index in [4.69, 9.17) is 4.74 Å². The van der Waals surface area contributed by atoms with Crippen LogP contribution in [-0.2, 0) is 11.2 Å². The molecule has 150 valence electrons. The second-order valence-corrected chi connectivity index (χ2v) is 7.34. The molecule has 1 saturated carbocycles. The van der Waals surface area contributed by atoms with Gasteiger partial charge in [-0.1, -0.05) is 0 Å². The summed E-state index contributed by atoms with van der Waals surface area (Å²) in [5.41, 5.74) is -0.892. The lowest BCUT2D eigenvalue weighted by Gasteiger charge is -2.33. The number of nitrogens with zero attached hydrogens (tertiary/aromatic N) is 2. The van der Waals surface area contributed by atoms with Gasteiger partial charge in [0.1, 0.15) is 16.9 Å². The van der Waals surface area contributed by atoms with Crippen molar-refractivity contribution in [3.8, 4) is 0 Å². The van der Waals surface area contributed by atoms with Crippen LogP contribution in [0.15, 0.2) is 17.1 Å². The Labute approximate surface area is 161 Å². The van der Waals surface area contributed by atoms with E-state index in [1.165, 1.54) is 10.9 Å². The molecule has 1 aliphatic heterocycles. The van der Waals surface area contributed by atoms with Gasteiger partial charge >= 0.3 is 5.97 Å². The zero-order valence-corrected chi connectivity index (χ0v) is 15.8. The maximum atomic E-state index is 15.4. The number of carbonyl (C=O) groups is 1. The van der Waals surface area contributed by atoms with Crippen molar-refractivity contribution in [1.29, 1.82) is 0 Å². The fraction of sp³-hybridized carbons (Fsp3) is 0.500. The molecule has 2 aliphatic rings. The number of carbonyl (C=O) groups excluding carboxylic acids is 1. The Kier molecular flexibility index (Phi) is 5.05. The van der Waals surface area contributed by atoms with Gasteiger partial charge in [0.05, 0.1) is 12.0 Å². The lowest BCUT2D eigenvalue weighted by Crippen LogP contribution is -2.50. The number of fused-ring (bicyclic) bond motifs is 1. The van der Waals surface area contributed by atoms with Crippen LogP contribution in [0.3, 0.4) is 0 Å². The molecule has 2 fully saturated rings. The van der Waals surface area contributed by atoms with E-state index in [-0.39, 0.29) is 28.6 Å². The number of pyridine rings is 1. The highest BCUT2D eigenvalue weighted by Crippen LogP contribution is 2.35. The number of ether oxygens (including phenoxy) is 1. The average molecular weight is 391 g/mol. The SMILES string of the molecule is CCOC(=O)c1cn(N2CCNCC2)c2c(F)c(CC3CC3)c(F)cc2c1=O. The molecule has 0 amide bonds. The van der Waals surface area contributed by atoms with Gasteiger partial charge < -0.3 is 15.1 Å². The van der Waals surface area contributed by atoms with Crippen LogP contribution in [0.25, 0.3) is 10.9 Å². The van der Waals surface area contributed by atoms with Crippen molar-refractivity contribution >= 4 is 16.9 Å². The van der Waals surface area contributed by atoms with E-state index in [2.05, 4.69) is 5.32 Å². The van der Waals surface area contributed by atoms with Crippen LogP contribution >= 0.6 is 0 Å². The molecular formula is C20H23F2N3O3. The normalized spacial score (nSPS) is 17.2. The first-order valence-electron chi connectivity index (χ1n) is 9.70. The minimum absolute atomic E-state index is 0.0159. The van der Waals surface area contributed by atoms with Crippen molar-refractivity contribution in [3.05, 3.63) is 45.2 Å². The quantitative estimate of drug-likeness (QED) is 0.790. The number of esters is 1. The predicted octanol–water partition coefficient (Wildman–Crippen LogP) is 1.95. The van der Waals surface area contributed by atoms with Gasteiger partial charge in [-0.15, -0.1) is 0 Å². The Balaban J connectivity index is 1.96. The minimum atomic E-state index is -0.791. The number of piperazine rings is 1. The average Bonchev–Trinajstić information content (AvgIpc) is 3.51. The third-order valence-electron chi connectivity index (χ3n) is 5.34. The number of aromatic nitrogens is 1. The van der Waals surface area contributed by atoms with Crippen LogP contribution in [0, 0.1) is 17.6 Å². The van der Waals surface area contributed by atoms with Crippen LogP contribution in [0.4, 0.5) is 8.78 Å². The number of hydrogen-bond donors (Lipinski definition) is 1. The van der Waals surface area contributed by atoms with Gasteiger partial charge in [-0.2, -0.15) is 0 Å². The molecular weight excluding hydrogens is 368 g/mol. The van der Waals surface area contributed by atoms with Crippen molar-refractivity contribution in [1.82, 2.24) is 9.99 Å². The standard InChI is InChI=1S/C20H23F2N3O3/c1-2-28-20(27)15-11-25(24-7-5-23-6-8-24)18-14(19(15)26)10-16(21)13(17(18)22)9-12-3-4-12/h10-12,23H,2-9H2,1H3. The Bertz CT molecular complexity index is 979. The van der Waals surface area contributed by atoms with Crippen LogP contribution in [-0.4, -0.2) is 43.4 Å². The molecule has 1 saturated heterocycles. The molecule has 1 N–H and O–H groups in total. The minimum Gasteiger partial charge on any atom is -0.462 e. The van der Waals surface area contributed by atoms with Crippen molar-refractivity contribution in [2.24, 2.45) is 5.92 Å². The lowest BCUT2D eigenvalue weighted by atomic mass is 10.0. The topological polar surface area (TPSA) is 63.6 Å². The molecule has 1 aliphatic carbocycles. The van der Waals surface area contributed by atoms with Gasteiger partial charge in [-0.3, -0.25) is 9.47 Å². The molecule has 1 aromatic carbocycles. The summed E-state index contributed by atoms with van der Waals surface area (Å²) >= 11 is 0. The molecule has 2 aromatic rings. The van der Waals surface area contributed by atoms with E-state index < -0.39 is 23.0 Å². The molecule has 0 spiro atoms. The third kappa shape index (κ3) is 3.37. The van der Waals surface area contributed by atoms with E-state index in [9.17, 15) is 14.0 Å². The molecule has 4 rings (SSSR count). The number of benzene rings is 1. The van der Waals surface area contributed by atoms with E-state index in [1.807, 2.05) is 5.01 Å². The molecule has 28 heavy (non-hydrogen) atoms. The Morgan fingerprint density at radius 1 is 1.29 bits per heavy atom. The lowest BCUT2D eigenvalue weighted by molar-refractivity contribution is 0.0524. The summed E-state index contributed by atoms with van der Waals surface area (Å²) < 4.78 is 36.6. The van der Waals surface area contributed by atoms with Gasteiger partial charge in [0, 0.05) is 37.9 Å². The van der Waals surface area contributed by atoms with Crippen LogP contribution in [0.2, 0.25) is 0 Å². The Morgan fingerprint density at radius 2 is 2.00 bits per heavy atom. The van der Waals surface area contributed by atoms with E-state index in [1.54, 1.807) is 6.92 Å². The largest absolute Gasteiger partial charge is 0.462 e. The van der Waals surface area contributed by atoms with Crippen LogP contribution in [0.5, 0.6) is 0 Å². The Hall–Kier alpha value is -2.48. The first-order chi connectivity index (χ1) is 13.5. The molecule has 8 heteroatoms. The summed E-state index contributed by atoms with van der Waals surface area (Å²) in [5, 5.41) is 4.92. The van der Waals surface area contributed by atoms with E-state index in [0.29, 0.717) is 38.5 Å². The first-order valence-corrected chi connectivity index (χ1v) is 9.70. The third-order valence-corrected chi connectivity index (χ3v) is 5.34. The maximum Gasteiger partial charge on any atom is 0.343 e.